The fraction of sp³-hybridized carbons (Fsp3) is 0.571. The SMILES string of the molecule is CC(C)CC(N)(CN(C)C)c1ccc(Cl)cc1. The van der Waals surface area contributed by atoms with E-state index < -0.39 is 0 Å². The number of hydrogen-bond donors (Lipinski definition) is 1. The quantitative estimate of drug-likeness (QED) is 0.875. The number of benzene rings is 1. The lowest BCUT2D eigenvalue weighted by molar-refractivity contribution is 0.248. The minimum atomic E-state index is -0.303. The second-order valence-electron chi connectivity index (χ2n) is 5.50. The number of nitrogens with two attached hydrogens (primary N) is 1. The second-order valence-corrected chi connectivity index (χ2v) is 5.94. The molecular weight excluding hydrogens is 232 g/mol. The number of hydrogen-bond acceptors (Lipinski definition) is 2. The topological polar surface area (TPSA) is 29.3 Å². The summed E-state index contributed by atoms with van der Waals surface area (Å²) >= 11 is 5.92. The number of rotatable bonds is 5. The lowest BCUT2D eigenvalue weighted by Crippen LogP contribution is -2.46. The number of halogens is 1. The van der Waals surface area contributed by atoms with Crippen molar-refractivity contribution < 1.29 is 0 Å². The molecule has 0 radical (unpaired) electrons. The van der Waals surface area contributed by atoms with Gasteiger partial charge in [-0.05, 0) is 44.1 Å². The van der Waals surface area contributed by atoms with Crippen molar-refractivity contribution in [1.29, 1.82) is 0 Å². The molecule has 0 heterocycles. The zero-order valence-electron chi connectivity index (χ0n) is 11.2. The summed E-state index contributed by atoms with van der Waals surface area (Å²) in [5.41, 5.74) is 7.44. The van der Waals surface area contributed by atoms with Crippen LogP contribution in [-0.2, 0) is 5.54 Å². The van der Waals surface area contributed by atoms with E-state index in [9.17, 15) is 0 Å². The van der Waals surface area contributed by atoms with Crippen molar-refractivity contribution in [3.8, 4) is 0 Å². The van der Waals surface area contributed by atoms with Crippen LogP contribution in [0.15, 0.2) is 24.3 Å². The van der Waals surface area contributed by atoms with E-state index in [2.05, 4.69) is 32.8 Å². The van der Waals surface area contributed by atoms with Gasteiger partial charge in [0.1, 0.15) is 0 Å². The molecule has 0 aliphatic carbocycles. The predicted octanol–water partition coefficient (Wildman–Crippen LogP) is 3.10. The molecule has 0 spiro atoms. The molecule has 0 aliphatic rings. The maximum Gasteiger partial charge on any atom is 0.0540 e. The summed E-state index contributed by atoms with van der Waals surface area (Å²) in [6, 6.07) is 7.89. The van der Waals surface area contributed by atoms with Crippen molar-refractivity contribution in [2.45, 2.75) is 25.8 Å². The fourth-order valence-corrected chi connectivity index (χ4v) is 2.47. The van der Waals surface area contributed by atoms with Crippen molar-refractivity contribution >= 4 is 11.6 Å². The third kappa shape index (κ3) is 4.30. The molecular formula is C14H23ClN2. The van der Waals surface area contributed by atoms with Gasteiger partial charge in [0.05, 0.1) is 5.54 Å². The molecule has 3 heteroatoms. The lowest BCUT2D eigenvalue weighted by atomic mass is 9.83. The Morgan fingerprint density at radius 2 is 1.76 bits per heavy atom. The van der Waals surface area contributed by atoms with Crippen LogP contribution in [0.1, 0.15) is 25.8 Å². The van der Waals surface area contributed by atoms with Gasteiger partial charge in [0.2, 0.25) is 0 Å². The highest BCUT2D eigenvalue weighted by Gasteiger charge is 2.28. The molecule has 0 aliphatic heterocycles. The van der Waals surface area contributed by atoms with Crippen molar-refractivity contribution in [3.63, 3.8) is 0 Å². The van der Waals surface area contributed by atoms with Gasteiger partial charge in [0.15, 0.2) is 0 Å². The molecule has 17 heavy (non-hydrogen) atoms. The Hall–Kier alpha value is -0.570. The first-order valence-corrected chi connectivity index (χ1v) is 6.41. The summed E-state index contributed by atoms with van der Waals surface area (Å²) < 4.78 is 0. The fourth-order valence-electron chi connectivity index (χ4n) is 2.35. The maximum atomic E-state index is 6.59. The third-order valence-electron chi connectivity index (χ3n) is 2.79. The minimum absolute atomic E-state index is 0.303. The van der Waals surface area contributed by atoms with E-state index in [1.807, 2.05) is 24.3 Å². The Balaban J connectivity index is 3.00. The Morgan fingerprint density at radius 3 is 2.18 bits per heavy atom. The predicted molar refractivity (Wildman–Crippen MR) is 75.3 cm³/mol. The van der Waals surface area contributed by atoms with Crippen LogP contribution >= 0.6 is 11.6 Å². The van der Waals surface area contributed by atoms with Crippen LogP contribution in [0.2, 0.25) is 5.02 Å². The van der Waals surface area contributed by atoms with Gasteiger partial charge in [-0.15, -0.1) is 0 Å². The molecule has 1 rings (SSSR count). The zero-order chi connectivity index (χ0) is 13.1. The molecule has 0 saturated carbocycles. The van der Waals surface area contributed by atoms with Gasteiger partial charge >= 0.3 is 0 Å². The zero-order valence-corrected chi connectivity index (χ0v) is 12.0. The molecule has 2 N–H and O–H groups in total. The van der Waals surface area contributed by atoms with Crippen LogP contribution in [0.4, 0.5) is 0 Å². The largest absolute Gasteiger partial charge is 0.320 e. The first kappa shape index (κ1) is 14.5. The highest BCUT2D eigenvalue weighted by molar-refractivity contribution is 6.30. The molecule has 96 valence electrons. The van der Waals surface area contributed by atoms with Crippen molar-refractivity contribution in [2.75, 3.05) is 20.6 Å². The normalized spacial score (nSPS) is 15.3. The third-order valence-corrected chi connectivity index (χ3v) is 3.04. The van der Waals surface area contributed by atoms with Crippen molar-refractivity contribution in [2.24, 2.45) is 11.7 Å². The van der Waals surface area contributed by atoms with E-state index in [4.69, 9.17) is 17.3 Å². The summed E-state index contributed by atoms with van der Waals surface area (Å²) in [7, 11) is 4.11. The van der Waals surface area contributed by atoms with Gasteiger partial charge in [-0.3, -0.25) is 0 Å². The summed E-state index contributed by atoms with van der Waals surface area (Å²) in [6.07, 6.45) is 0.965. The van der Waals surface area contributed by atoms with Crippen LogP contribution in [0, 0.1) is 5.92 Å². The Morgan fingerprint density at radius 1 is 1.24 bits per heavy atom. The monoisotopic (exact) mass is 254 g/mol. The van der Waals surface area contributed by atoms with E-state index in [1.54, 1.807) is 0 Å². The minimum Gasteiger partial charge on any atom is -0.320 e. The van der Waals surface area contributed by atoms with Crippen LogP contribution in [-0.4, -0.2) is 25.5 Å². The molecule has 0 saturated heterocycles. The van der Waals surface area contributed by atoms with E-state index in [-0.39, 0.29) is 5.54 Å². The first-order valence-electron chi connectivity index (χ1n) is 6.03. The molecule has 0 fully saturated rings. The van der Waals surface area contributed by atoms with Gasteiger partial charge in [0, 0.05) is 11.6 Å². The van der Waals surface area contributed by atoms with E-state index in [1.165, 1.54) is 0 Å². The molecule has 1 atom stereocenters. The van der Waals surface area contributed by atoms with Gasteiger partial charge in [0.25, 0.3) is 0 Å². The van der Waals surface area contributed by atoms with Crippen molar-refractivity contribution in [3.05, 3.63) is 34.9 Å². The van der Waals surface area contributed by atoms with Gasteiger partial charge < -0.3 is 10.6 Å². The number of likely N-dealkylation sites (N-methyl/N-ethyl adjacent to an activating group) is 1. The average Bonchev–Trinajstić information content (AvgIpc) is 2.15. The molecule has 1 aromatic carbocycles. The Kier molecular flexibility index (Phi) is 4.99. The molecule has 0 bridgehead atoms. The van der Waals surface area contributed by atoms with Crippen LogP contribution in [0.25, 0.3) is 0 Å². The van der Waals surface area contributed by atoms with E-state index in [0.717, 1.165) is 23.6 Å². The second kappa shape index (κ2) is 5.85. The molecule has 1 unspecified atom stereocenters. The molecule has 0 amide bonds. The highest BCUT2D eigenvalue weighted by Crippen LogP contribution is 2.27. The lowest BCUT2D eigenvalue weighted by Gasteiger charge is -2.34. The van der Waals surface area contributed by atoms with Gasteiger partial charge in [-0.2, -0.15) is 0 Å². The smallest absolute Gasteiger partial charge is 0.0540 e. The summed E-state index contributed by atoms with van der Waals surface area (Å²) in [5.74, 6) is 0.565. The molecule has 0 aromatic heterocycles. The Labute approximate surface area is 110 Å². The summed E-state index contributed by atoms with van der Waals surface area (Å²) in [4.78, 5) is 2.14. The average molecular weight is 255 g/mol. The summed E-state index contributed by atoms with van der Waals surface area (Å²) in [5, 5.41) is 0.755. The standard InChI is InChI=1S/C14H23ClN2/c1-11(2)9-14(16,10-17(3)4)12-5-7-13(15)8-6-12/h5-8,11H,9-10,16H2,1-4H3. The molecule has 2 nitrogen and oxygen atoms in total. The van der Waals surface area contributed by atoms with E-state index in [0.29, 0.717) is 5.92 Å². The van der Waals surface area contributed by atoms with Crippen LogP contribution in [0.3, 0.4) is 0 Å². The number of nitrogens with zero attached hydrogens (tertiary/aromatic N) is 1. The van der Waals surface area contributed by atoms with Crippen LogP contribution in [0.5, 0.6) is 0 Å². The van der Waals surface area contributed by atoms with Gasteiger partial charge in [-0.1, -0.05) is 37.6 Å². The van der Waals surface area contributed by atoms with E-state index >= 15 is 0 Å². The Bertz CT molecular complexity index is 334. The van der Waals surface area contributed by atoms with Gasteiger partial charge in [-0.25, -0.2) is 0 Å². The highest BCUT2D eigenvalue weighted by atomic mass is 35.5. The summed E-state index contributed by atoms with van der Waals surface area (Å²) in [6.45, 7) is 5.24. The van der Waals surface area contributed by atoms with Crippen molar-refractivity contribution in [1.82, 2.24) is 4.90 Å². The molecule has 1 aromatic rings. The maximum absolute atomic E-state index is 6.59. The first-order chi connectivity index (χ1) is 7.83. The van der Waals surface area contributed by atoms with Crippen LogP contribution < -0.4 is 5.73 Å².